The van der Waals surface area contributed by atoms with E-state index in [0.29, 0.717) is 5.69 Å². The molecule has 2 N–H and O–H groups in total. The van der Waals surface area contributed by atoms with Gasteiger partial charge < -0.3 is 14.9 Å². The maximum atomic E-state index is 14.2. The van der Waals surface area contributed by atoms with Crippen molar-refractivity contribution in [2.45, 2.75) is 31.2 Å². The molecule has 1 unspecified atom stereocenters. The van der Waals surface area contributed by atoms with E-state index in [-0.39, 0.29) is 6.54 Å². The average molecular weight is 337 g/mol. The minimum absolute atomic E-state index is 0.0744. The SMILES string of the molecule is O=c1ccn([C@@H]2O[C@H](CO)C(O)[C@@H]2F)c(=O)n1Cc1ccccn1. The molecule has 0 spiro atoms. The highest BCUT2D eigenvalue weighted by molar-refractivity contribution is 5.05. The Morgan fingerprint density at radius 3 is 2.71 bits per heavy atom. The molecular formula is C15H16FN3O5. The Balaban J connectivity index is 1.98. The highest BCUT2D eigenvalue weighted by Gasteiger charge is 2.45. The van der Waals surface area contributed by atoms with Gasteiger partial charge in [0.1, 0.15) is 12.2 Å². The minimum atomic E-state index is -1.90. The van der Waals surface area contributed by atoms with Crippen LogP contribution in [0.15, 0.2) is 46.2 Å². The van der Waals surface area contributed by atoms with Gasteiger partial charge in [0.2, 0.25) is 0 Å². The number of hydrogen-bond donors (Lipinski definition) is 2. The minimum Gasteiger partial charge on any atom is -0.394 e. The van der Waals surface area contributed by atoms with Gasteiger partial charge in [-0.3, -0.25) is 18.9 Å². The summed E-state index contributed by atoms with van der Waals surface area (Å²) in [4.78, 5) is 28.6. The van der Waals surface area contributed by atoms with E-state index in [4.69, 9.17) is 9.84 Å². The standard InChI is InChI=1S/C15H16FN3O5/c16-12-13(22)10(8-20)24-14(12)18-6-4-11(21)19(15(18)23)7-9-3-1-2-5-17-9/h1-6,10,12-14,20,22H,7-8H2/t10-,12+,13?,14-/m1/s1. The fourth-order valence-corrected chi connectivity index (χ4v) is 2.60. The van der Waals surface area contributed by atoms with Crippen LogP contribution < -0.4 is 11.2 Å². The molecule has 0 saturated carbocycles. The zero-order valence-electron chi connectivity index (χ0n) is 12.5. The van der Waals surface area contributed by atoms with Crippen LogP contribution >= 0.6 is 0 Å². The molecule has 0 radical (unpaired) electrons. The number of alkyl halides is 1. The van der Waals surface area contributed by atoms with Crippen molar-refractivity contribution in [3.8, 4) is 0 Å². The van der Waals surface area contributed by atoms with Crippen molar-refractivity contribution in [2.75, 3.05) is 6.61 Å². The zero-order valence-corrected chi connectivity index (χ0v) is 12.5. The lowest BCUT2D eigenvalue weighted by Crippen LogP contribution is -2.42. The summed E-state index contributed by atoms with van der Waals surface area (Å²) in [5, 5.41) is 18.8. The van der Waals surface area contributed by atoms with Crippen molar-refractivity contribution < 1.29 is 19.3 Å². The predicted octanol–water partition coefficient (Wildman–Crippen LogP) is -0.958. The number of pyridine rings is 1. The molecular weight excluding hydrogens is 321 g/mol. The van der Waals surface area contributed by atoms with E-state index < -0.39 is 42.5 Å². The van der Waals surface area contributed by atoms with Crippen LogP contribution in [0.4, 0.5) is 4.39 Å². The highest BCUT2D eigenvalue weighted by atomic mass is 19.1. The third-order valence-electron chi connectivity index (χ3n) is 3.89. The number of hydrogen-bond acceptors (Lipinski definition) is 6. The molecule has 1 aliphatic rings. The molecule has 0 aliphatic carbocycles. The van der Waals surface area contributed by atoms with E-state index >= 15 is 0 Å². The zero-order chi connectivity index (χ0) is 17.3. The van der Waals surface area contributed by atoms with Gasteiger partial charge in [-0.2, -0.15) is 0 Å². The summed E-state index contributed by atoms with van der Waals surface area (Å²) in [5.41, 5.74) is -0.854. The van der Waals surface area contributed by atoms with Gasteiger partial charge in [0, 0.05) is 18.5 Å². The van der Waals surface area contributed by atoms with Crippen LogP contribution in [0.5, 0.6) is 0 Å². The maximum absolute atomic E-state index is 14.2. The quantitative estimate of drug-likeness (QED) is 0.744. The Hall–Kier alpha value is -2.36. The van der Waals surface area contributed by atoms with Gasteiger partial charge in [0.15, 0.2) is 12.4 Å². The average Bonchev–Trinajstić information content (AvgIpc) is 2.88. The van der Waals surface area contributed by atoms with Crippen LogP contribution in [0, 0.1) is 0 Å². The van der Waals surface area contributed by atoms with Crippen LogP contribution in [0.25, 0.3) is 0 Å². The molecule has 0 aromatic carbocycles. The number of nitrogens with zero attached hydrogens (tertiary/aromatic N) is 3. The molecule has 3 heterocycles. The van der Waals surface area contributed by atoms with Crippen molar-refractivity contribution in [2.24, 2.45) is 0 Å². The van der Waals surface area contributed by atoms with Gasteiger partial charge in [0.25, 0.3) is 5.56 Å². The van der Waals surface area contributed by atoms with Crippen LogP contribution in [0.3, 0.4) is 0 Å². The molecule has 2 aromatic rings. The maximum Gasteiger partial charge on any atom is 0.333 e. The summed E-state index contributed by atoms with van der Waals surface area (Å²) in [6.45, 7) is -0.657. The highest BCUT2D eigenvalue weighted by Crippen LogP contribution is 2.30. The van der Waals surface area contributed by atoms with Crippen LogP contribution in [0.1, 0.15) is 11.9 Å². The number of aromatic nitrogens is 3. The fourth-order valence-electron chi connectivity index (χ4n) is 2.60. The molecule has 0 amide bonds. The summed E-state index contributed by atoms with van der Waals surface area (Å²) in [7, 11) is 0. The molecule has 4 atom stereocenters. The van der Waals surface area contributed by atoms with Gasteiger partial charge in [-0.15, -0.1) is 0 Å². The van der Waals surface area contributed by atoms with Crippen molar-refractivity contribution in [3.63, 3.8) is 0 Å². The van der Waals surface area contributed by atoms with Gasteiger partial charge in [-0.25, -0.2) is 9.18 Å². The first kappa shape index (κ1) is 16.5. The van der Waals surface area contributed by atoms with Gasteiger partial charge >= 0.3 is 5.69 Å². The van der Waals surface area contributed by atoms with Crippen molar-refractivity contribution in [1.29, 1.82) is 0 Å². The molecule has 8 nitrogen and oxygen atoms in total. The first-order valence-electron chi connectivity index (χ1n) is 7.33. The number of ether oxygens (including phenoxy) is 1. The lowest BCUT2D eigenvalue weighted by atomic mass is 10.1. The molecule has 2 aromatic heterocycles. The van der Waals surface area contributed by atoms with E-state index in [1.165, 1.54) is 6.20 Å². The molecule has 1 aliphatic heterocycles. The second-order valence-corrected chi connectivity index (χ2v) is 5.43. The van der Waals surface area contributed by atoms with Crippen molar-refractivity contribution in [3.05, 3.63) is 63.2 Å². The summed E-state index contributed by atoms with van der Waals surface area (Å²) >= 11 is 0. The molecule has 1 saturated heterocycles. The number of aliphatic hydroxyl groups excluding tert-OH is 2. The van der Waals surface area contributed by atoms with Gasteiger partial charge in [-0.1, -0.05) is 6.07 Å². The third-order valence-corrected chi connectivity index (χ3v) is 3.89. The normalized spacial score (nSPS) is 26.6. The molecule has 24 heavy (non-hydrogen) atoms. The van der Waals surface area contributed by atoms with E-state index in [9.17, 15) is 19.1 Å². The Morgan fingerprint density at radius 1 is 1.29 bits per heavy atom. The van der Waals surface area contributed by atoms with Gasteiger partial charge in [-0.05, 0) is 12.1 Å². The lowest BCUT2D eigenvalue weighted by Gasteiger charge is -2.17. The monoisotopic (exact) mass is 337 g/mol. The first-order valence-corrected chi connectivity index (χ1v) is 7.33. The van der Waals surface area contributed by atoms with Crippen molar-refractivity contribution in [1.82, 2.24) is 14.1 Å². The summed E-state index contributed by atoms with van der Waals surface area (Å²) in [5.74, 6) is 0. The second-order valence-electron chi connectivity index (χ2n) is 5.43. The topological polar surface area (TPSA) is 107 Å². The van der Waals surface area contributed by atoms with E-state index in [1.807, 2.05) is 0 Å². The predicted molar refractivity (Wildman–Crippen MR) is 80.2 cm³/mol. The van der Waals surface area contributed by atoms with Crippen LogP contribution in [0.2, 0.25) is 0 Å². The third kappa shape index (κ3) is 2.88. The number of aliphatic hydroxyl groups is 2. The van der Waals surface area contributed by atoms with E-state index in [0.717, 1.165) is 21.4 Å². The first-order chi connectivity index (χ1) is 11.5. The largest absolute Gasteiger partial charge is 0.394 e. The Morgan fingerprint density at radius 2 is 2.08 bits per heavy atom. The molecule has 0 bridgehead atoms. The second kappa shape index (κ2) is 6.63. The Bertz CT molecular complexity index is 822. The summed E-state index contributed by atoms with van der Waals surface area (Å²) in [6.07, 6.45) is -3.36. The van der Waals surface area contributed by atoms with Crippen molar-refractivity contribution >= 4 is 0 Å². The molecule has 3 rings (SSSR count). The Labute approximate surface area is 135 Å². The molecule has 128 valence electrons. The Kier molecular flexibility index (Phi) is 4.56. The molecule has 9 heteroatoms. The van der Waals surface area contributed by atoms with Gasteiger partial charge in [0.05, 0.1) is 18.8 Å². The summed E-state index contributed by atoms with van der Waals surface area (Å²) in [6, 6.07) is 6.18. The fraction of sp³-hybridized carbons (Fsp3) is 0.400. The van der Waals surface area contributed by atoms with E-state index in [1.54, 1.807) is 18.2 Å². The van der Waals surface area contributed by atoms with Crippen LogP contribution in [-0.2, 0) is 11.3 Å². The van der Waals surface area contributed by atoms with Crippen LogP contribution in [-0.4, -0.2) is 49.3 Å². The molecule has 1 fully saturated rings. The summed E-state index contributed by atoms with van der Waals surface area (Å²) < 4.78 is 21.2. The lowest BCUT2D eigenvalue weighted by molar-refractivity contribution is -0.0496. The smallest absolute Gasteiger partial charge is 0.333 e. The van der Waals surface area contributed by atoms with E-state index in [2.05, 4.69) is 4.98 Å². The number of halogens is 1. The number of rotatable bonds is 4.